The van der Waals surface area contributed by atoms with Gasteiger partial charge in [-0.3, -0.25) is 9.59 Å². The van der Waals surface area contributed by atoms with Gasteiger partial charge in [-0.1, -0.05) is 30.3 Å². The summed E-state index contributed by atoms with van der Waals surface area (Å²) in [5, 5.41) is 4.36. The van der Waals surface area contributed by atoms with Gasteiger partial charge in [-0.25, -0.2) is 4.52 Å². The first-order valence-corrected chi connectivity index (χ1v) is 6.38. The van der Waals surface area contributed by atoms with Crippen molar-refractivity contribution in [3.05, 3.63) is 58.6 Å². The maximum Gasteiger partial charge on any atom is 0.277 e. The molecule has 0 radical (unpaired) electrons. The average Bonchev–Trinajstić information content (AvgIpc) is 2.88. The third-order valence-corrected chi connectivity index (χ3v) is 3.30. The lowest BCUT2D eigenvalue weighted by atomic mass is 10.1. The molecule has 2 aromatic heterocycles. The summed E-state index contributed by atoms with van der Waals surface area (Å²) in [6.45, 7) is 2.44. The Morgan fingerprint density at radius 1 is 1.20 bits per heavy atom. The summed E-state index contributed by atoms with van der Waals surface area (Å²) in [5.41, 5.74) is 1.81. The number of carbonyl (C=O) groups excluding carboxylic acids is 1. The molecule has 0 fully saturated rings. The first-order chi connectivity index (χ1) is 9.76. The van der Waals surface area contributed by atoms with E-state index >= 15 is 0 Å². The molecule has 0 N–H and O–H groups in total. The molecule has 0 atom stereocenters. The second kappa shape index (κ2) is 4.77. The van der Waals surface area contributed by atoms with Gasteiger partial charge in [0.25, 0.3) is 5.56 Å². The molecule has 0 bridgehead atoms. The van der Waals surface area contributed by atoms with Crippen molar-refractivity contribution in [1.82, 2.24) is 14.2 Å². The van der Waals surface area contributed by atoms with Gasteiger partial charge >= 0.3 is 0 Å². The highest BCUT2D eigenvalue weighted by atomic mass is 16.1. The summed E-state index contributed by atoms with van der Waals surface area (Å²) in [6, 6.07) is 9.38. The molecule has 3 rings (SSSR count). The molecule has 3 aromatic rings. The molecule has 0 spiro atoms. The number of carbonyl (C=O) groups is 1. The minimum atomic E-state index is -0.202. The largest absolute Gasteiger partial charge is 0.312 e. The van der Waals surface area contributed by atoms with E-state index in [2.05, 4.69) is 5.10 Å². The van der Waals surface area contributed by atoms with Crippen LogP contribution in [0, 0.1) is 0 Å². The summed E-state index contributed by atoms with van der Waals surface area (Å²) < 4.78 is 3.03. The van der Waals surface area contributed by atoms with Gasteiger partial charge in [0.2, 0.25) is 0 Å². The van der Waals surface area contributed by atoms with Crippen molar-refractivity contribution in [3.63, 3.8) is 0 Å². The number of nitrogens with zero attached hydrogens (tertiary/aromatic N) is 3. The van der Waals surface area contributed by atoms with Gasteiger partial charge < -0.3 is 4.57 Å². The van der Waals surface area contributed by atoms with Crippen molar-refractivity contribution in [2.45, 2.75) is 13.5 Å². The maximum atomic E-state index is 12.3. The fraction of sp³-hybridized carbons (Fsp3) is 0.133. The molecule has 0 aliphatic rings. The van der Waals surface area contributed by atoms with Crippen LogP contribution >= 0.6 is 0 Å². The van der Waals surface area contributed by atoms with Crippen LogP contribution in [0.3, 0.4) is 0 Å². The monoisotopic (exact) mass is 267 g/mol. The Kier molecular flexibility index (Phi) is 2.95. The van der Waals surface area contributed by atoms with E-state index in [1.807, 2.05) is 37.3 Å². The maximum absolute atomic E-state index is 12.3. The zero-order chi connectivity index (χ0) is 14.1. The first-order valence-electron chi connectivity index (χ1n) is 6.38. The number of aromatic nitrogens is 3. The summed E-state index contributed by atoms with van der Waals surface area (Å²) in [5.74, 6) is 0. The van der Waals surface area contributed by atoms with E-state index in [-0.39, 0.29) is 5.56 Å². The van der Waals surface area contributed by atoms with Crippen LogP contribution in [0.2, 0.25) is 0 Å². The highest BCUT2D eigenvalue weighted by Gasteiger charge is 2.17. The average molecular weight is 267 g/mol. The molecular formula is C15H13N3O2. The minimum absolute atomic E-state index is 0.202. The van der Waals surface area contributed by atoms with Gasteiger partial charge in [-0.15, -0.1) is 0 Å². The normalized spacial score (nSPS) is 10.8. The van der Waals surface area contributed by atoms with Gasteiger partial charge in [-0.05, 0) is 6.92 Å². The van der Waals surface area contributed by atoms with E-state index in [1.165, 1.54) is 4.52 Å². The van der Waals surface area contributed by atoms with E-state index < -0.39 is 0 Å². The zero-order valence-electron chi connectivity index (χ0n) is 11.0. The second-order valence-electron chi connectivity index (χ2n) is 4.43. The third kappa shape index (κ3) is 1.75. The van der Waals surface area contributed by atoms with Gasteiger partial charge in [-0.2, -0.15) is 5.10 Å². The summed E-state index contributed by atoms with van der Waals surface area (Å²) in [4.78, 5) is 23.8. The smallest absolute Gasteiger partial charge is 0.277 e. The Hall–Kier alpha value is -2.69. The van der Waals surface area contributed by atoms with Crippen LogP contribution in [0.25, 0.3) is 16.8 Å². The lowest BCUT2D eigenvalue weighted by molar-refractivity contribution is 0.112. The quantitative estimate of drug-likeness (QED) is 0.682. The Bertz CT molecular complexity index is 831. The SMILES string of the molecule is CCn1ccn2nc(-c3ccccc3)c(C=O)c2c1=O. The third-order valence-electron chi connectivity index (χ3n) is 3.30. The Morgan fingerprint density at radius 2 is 1.95 bits per heavy atom. The molecule has 5 nitrogen and oxygen atoms in total. The molecule has 0 amide bonds. The van der Waals surface area contributed by atoms with Crippen LogP contribution in [0.15, 0.2) is 47.5 Å². The lowest BCUT2D eigenvalue weighted by Crippen LogP contribution is -2.21. The molecule has 1 aromatic carbocycles. The Morgan fingerprint density at radius 3 is 2.60 bits per heavy atom. The second-order valence-corrected chi connectivity index (χ2v) is 4.43. The van der Waals surface area contributed by atoms with Crippen LogP contribution in [0.4, 0.5) is 0 Å². The standard InChI is InChI=1S/C15H13N3O2/c1-2-17-8-9-18-14(15(17)20)12(10-19)13(16-18)11-6-4-3-5-7-11/h3-10H,2H2,1H3. The fourth-order valence-corrected chi connectivity index (χ4v) is 2.29. The number of hydrogen-bond donors (Lipinski definition) is 0. The fourth-order valence-electron chi connectivity index (χ4n) is 2.29. The van der Waals surface area contributed by atoms with Crippen LogP contribution in [-0.4, -0.2) is 20.5 Å². The number of fused-ring (bicyclic) bond motifs is 1. The molecule has 0 saturated carbocycles. The van der Waals surface area contributed by atoms with Crippen LogP contribution in [0.1, 0.15) is 17.3 Å². The Labute approximate surface area is 115 Å². The predicted molar refractivity (Wildman–Crippen MR) is 75.9 cm³/mol. The van der Waals surface area contributed by atoms with Gasteiger partial charge in [0.15, 0.2) is 6.29 Å². The van der Waals surface area contributed by atoms with Crippen molar-refractivity contribution in [2.24, 2.45) is 0 Å². The molecule has 100 valence electrons. The number of aldehydes is 1. The molecule has 20 heavy (non-hydrogen) atoms. The highest BCUT2D eigenvalue weighted by Crippen LogP contribution is 2.22. The molecule has 0 aliphatic heterocycles. The van der Waals surface area contributed by atoms with E-state index in [9.17, 15) is 9.59 Å². The minimum Gasteiger partial charge on any atom is -0.312 e. The van der Waals surface area contributed by atoms with Crippen molar-refractivity contribution < 1.29 is 4.79 Å². The van der Waals surface area contributed by atoms with Crippen molar-refractivity contribution in [3.8, 4) is 11.3 Å². The van der Waals surface area contributed by atoms with Gasteiger partial charge in [0.05, 0.1) is 5.56 Å². The van der Waals surface area contributed by atoms with Crippen molar-refractivity contribution >= 4 is 11.8 Å². The molecule has 0 aliphatic carbocycles. The molecule has 0 unspecified atom stereocenters. The molecular weight excluding hydrogens is 254 g/mol. The first kappa shape index (κ1) is 12.3. The zero-order valence-corrected chi connectivity index (χ0v) is 11.0. The predicted octanol–water partition coefficient (Wildman–Crippen LogP) is 2.00. The summed E-state index contributed by atoms with van der Waals surface area (Å²) in [6.07, 6.45) is 4.07. The highest BCUT2D eigenvalue weighted by molar-refractivity contribution is 5.94. The van der Waals surface area contributed by atoms with Gasteiger partial charge in [0.1, 0.15) is 11.2 Å². The van der Waals surface area contributed by atoms with E-state index in [4.69, 9.17) is 0 Å². The van der Waals surface area contributed by atoms with Gasteiger partial charge in [0, 0.05) is 24.5 Å². The van der Waals surface area contributed by atoms with Crippen LogP contribution in [0.5, 0.6) is 0 Å². The molecule has 5 heteroatoms. The number of benzene rings is 1. The Balaban J connectivity index is 2.39. The molecule has 2 heterocycles. The summed E-state index contributed by atoms with van der Waals surface area (Å²) in [7, 11) is 0. The number of hydrogen-bond acceptors (Lipinski definition) is 3. The summed E-state index contributed by atoms with van der Waals surface area (Å²) >= 11 is 0. The van der Waals surface area contributed by atoms with E-state index in [0.717, 1.165) is 5.56 Å². The van der Waals surface area contributed by atoms with Crippen molar-refractivity contribution in [2.75, 3.05) is 0 Å². The van der Waals surface area contributed by atoms with Crippen LogP contribution < -0.4 is 5.56 Å². The van der Waals surface area contributed by atoms with E-state index in [0.29, 0.717) is 29.6 Å². The van der Waals surface area contributed by atoms with E-state index in [1.54, 1.807) is 17.0 Å². The molecule has 0 saturated heterocycles. The number of rotatable bonds is 3. The van der Waals surface area contributed by atoms with Crippen molar-refractivity contribution in [1.29, 1.82) is 0 Å². The lowest BCUT2D eigenvalue weighted by Gasteiger charge is -2.01. The topological polar surface area (TPSA) is 56.4 Å². The van der Waals surface area contributed by atoms with Crippen LogP contribution in [-0.2, 0) is 6.54 Å². The number of aryl methyl sites for hydroxylation is 1.